The maximum atomic E-state index is 14.7. The van der Waals surface area contributed by atoms with Crippen LogP contribution in [0.2, 0.25) is 0 Å². The minimum absolute atomic E-state index is 0.124. The zero-order chi connectivity index (χ0) is 35.6. The molecule has 5 fully saturated rings. The van der Waals surface area contributed by atoms with Gasteiger partial charge in [-0.25, -0.2) is 8.42 Å². The standard InChI is InChI=1S/C42H60N4O4S/c1-46(2)39(47)33-18-22-37(23-19-33)51(49,50)36-20-16-30(17-21-36)28-43-40(48)42-26-34-29-44-41(27-38(34)45-42)24-7-3-4-10-32(13-9-25-41)31-11-5-6-14-35(42)15-8-12-31/h16-23,31-32,34-35,38,44-45H,3-15,24-29H2,1-2H3,(H,43,48). The van der Waals surface area contributed by atoms with Gasteiger partial charge in [-0.1, -0.05) is 82.8 Å². The molecule has 2 aromatic carbocycles. The van der Waals surface area contributed by atoms with E-state index in [-0.39, 0.29) is 27.1 Å². The molecule has 2 amide bonds. The zero-order valence-corrected chi connectivity index (χ0v) is 31.7. The van der Waals surface area contributed by atoms with Crippen molar-refractivity contribution < 1.29 is 18.0 Å². The molecule has 2 saturated carbocycles. The Bertz CT molecular complexity index is 1640. The molecule has 3 aliphatic heterocycles. The summed E-state index contributed by atoms with van der Waals surface area (Å²) in [6.07, 6.45) is 21.3. The summed E-state index contributed by atoms with van der Waals surface area (Å²) in [5, 5.41) is 11.6. The zero-order valence-electron chi connectivity index (χ0n) is 30.9. The molecule has 3 heterocycles. The molecule has 7 rings (SSSR count). The Balaban J connectivity index is 1.09. The van der Waals surface area contributed by atoms with Crippen molar-refractivity contribution in [3.8, 4) is 0 Å². The van der Waals surface area contributed by atoms with Crippen molar-refractivity contribution in [2.75, 3.05) is 20.6 Å². The van der Waals surface area contributed by atoms with Gasteiger partial charge in [0.05, 0.1) is 9.79 Å². The third kappa shape index (κ3) is 7.68. The normalized spacial score (nSPS) is 32.9. The number of piperidine rings is 1. The summed E-state index contributed by atoms with van der Waals surface area (Å²) in [5.41, 5.74) is 0.930. The molecule has 5 aliphatic rings. The minimum atomic E-state index is -3.76. The largest absolute Gasteiger partial charge is 0.350 e. The van der Waals surface area contributed by atoms with Crippen LogP contribution in [0.1, 0.15) is 125 Å². The van der Waals surface area contributed by atoms with Crippen molar-refractivity contribution >= 4 is 21.7 Å². The summed E-state index contributed by atoms with van der Waals surface area (Å²) in [4.78, 5) is 28.8. The van der Waals surface area contributed by atoms with Gasteiger partial charge >= 0.3 is 0 Å². The molecular formula is C42H60N4O4S. The summed E-state index contributed by atoms with van der Waals surface area (Å²) in [6.45, 7) is 1.36. The molecule has 1 spiro atoms. The number of nitrogens with one attached hydrogen (secondary N) is 3. The molecule has 0 radical (unpaired) electrons. The van der Waals surface area contributed by atoms with Gasteiger partial charge in [-0.2, -0.15) is 0 Å². The molecule has 7 atom stereocenters. The van der Waals surface area contributed by atoms with Crippen molar-refractivity contribution in [3.05, 3.63) is 59.7 Å². The van der Waals surface area contributed by atoms with Gasteiger partial charge in [0.15, 0.2) is 0 Å². The average molecular weight is 717 g/mol. The van der Waals surface area contributed by atoms with Crippen LogP contribution < -0.4 is 16.0 Å². The van der Waals surface area contributed by atoms with Gasteiger partial charge in [0.2, 0.25) is 15.7 Å². The van der Waals surface area contributed by atoms with E-state index in [1.807, 2.05) is 12.1 Å². The highest BCUT2D eigenvalue weighted by Crippen LogP contribution is 2.47. The van der Waals surface area contributed by atoms with Gasteiger partial charge in [0, 0.05) is 44.3 Å². The molecule has 0 aromatic heterocycles. The molecule has 278 valence electrons. The van der Waals surface area contributed by atoms with E-state index in [1.54, 1.807) is 38.4 Å². The Morgan fingerprint density at radius 3 is 2.08 bits per heavy atom. The number of benzene rings is 2. The van der Waals surface area contributed by atoms with Gasteiger partial charge in [-0.3, -0.25) is 14.9 Å². The van der Waals surface area contributed by atoms with Crippen LogP contribution in [0, 0.1) is 23.7 Å². The highest BCUT2D eigenvalue weighted by Gasteiger charge is 2.56. The first-order chi connectivity index (χ1) is 24.6. The molecular weight excluding hydrogens is 657 g/mol. The molecule has 9 heteroatoms. The Morgan fingerprint density at radius 1 is 0.745 bits per heavy atom. The summed E-state index contributed by atoms with van der Waals surface area (Å²) in [5.74, 6) is 2.42. The fourth-order valence-electron chi connectivity index (χ4n) is 10.8. The third-order valence-electron chi connectivity index (χ3n) is 13.7. The van der Waals surface area contributed by atoms with Gasteiger partial charge < -0.3 is 15.5 Å². The molecule has 2 aliphatic carbocycles. The predicted octanol–water partition coefficient (Wildman–Crippen LogP) is 7.03. The van der Waals surface area contributed by atoms with Gasteiger partial charge in [0.25, 0.3) is 5.91 Å². The van der Waals surface area contributed by atoms with E-state index in [4.69, 9.17) is 0 Å². The second-order valence-corrected chi connectivity index (χ2v) is 19.0. The number of fused-ring (bicyclic) bond motifs is 10. The number of rotatable bonds is 6. The van der Waals surface area contributed by atoms with Crippen LogP contribution in [0.25, 0.3) is 0 Å². The van der Waals surface area contributed by atoms with E-state index >= 15 is 0 Å². The van der Waals surface area contributed by atoms with Crippen LogP contribution in [-0.2, 0) is 21.2 Å². The van der Waals surface area contributed by atoms with Crippen molar-refractivity contribution in [2.24, 2.45) is 23.7 Å². The van der Waals surface area contributed by atoms with Crippen LogP contribution in [0.5, 0.6) is 0 Å². The van der Waals surface area contributed by atoms with Crippen molar-refractivity contribution in [1.29, 1.82) is 0 Å². The maximum absolute atomic E-state index is 14.7. The van der Waals surface area contributed by atoms with E-state index in [9.17, 15) is 18.0 Å². The van der Waals surface area contributed by atoms with E-state index in [0.717, 1.165) is 49.6 Å². The fourth-order valence-corrected chi connectivity index (χ4v) is 12.1. The molecule has 3 saturated heterocycles. The van der Waals surface area contributed by atoms with Crippen LogP contribution in [0.3, 0.4) is 0 Å². The number of carbonyl (C=O) groups is 2. The quantitative estimate of drug-likeness (QED) is 0.297. The van der Waals surface area contributed by atoms with E-state index < -0.39 is 15.4 Å². The Morgan fingerprint density at radius 2 is 1.35 bits per heavy atom. The lowest BCUT2D eigenvalue weighted by molar-refractivity contribution is -0.130. The highest BCUT2D eigenvalue weighted by atomic mass is 32.2. The molecule has 2 aromatic rings. The minimum Gasteiger partial charge on any atom is -0.350 e. The van der Waals surface area contributed by atoms with Gasteiger partial charge in [-0.05, 0) is 104 Å². The lowest BCUT2D eigenvalue weighted by atomic mass is 9.72. The number of nitrogens with zero attached hydrogens (tertiary/aromatic N) is 1. The van der Waals surface area contributed by atoms with Crippen LogP contribution in [0.4, 0.5) is 0 Å². The number of amides is 2. The number of carbonyl (C=O) groups excluding carboxylic acids is 2. The average Bonchev–Trinajstić information content (AvgIpc) is 3.57. The highest BCUT2D eigenvalue weighted by molar-refractivity contribution is 7.91. The summed E-state index contributed by atoms with van der Waals surface area (Å²) in [7, 11) is -0.421. The maximum Gasteiger partial charge on any atom is 0.253 e. The summed E-state index contributed by atoms with van der Waals surface area (Å²) in [6, 6.07) is 13.3. The Hall–Kier alpha value is -2.75. The molecule has 3 N–H and O–H groups in total. The Kier molecular flexibility index (Phi) is 11.0. The van der Waals surface area contributed by atoms with Crippen molar-refractivity contribution in [1.82, 2.24) is 20.9 Å². The predicted molar refractivity (Wildman–Crippen MR) is 201 cm³/mol. The number of hydrogen-bond acceptors (Lipinski definition) is 6. The molecule has 7 unspecified atom stereocenters. The van der Waals surface area contributed by atoms with E-state index in [1.165, 1.54) is 101 Å². The second kappa shape index (κ2) is 15.3. The smallest absolute Gasteiger partial charge is 0.253 e. The van der Waals surface area contributed by atoms with Crippen molar-refractivity contribution in [2.45, 2.75) is 143 Å². The first-order valence-corrected chi connectivity index (χ1v) is 21.5. The molecule has 8 nitrogen and oxygen atoms in total. The molecule has 6 bridgehead atoms. The Labute approximate surface area is 306 Å². The van der Waals surface area contributed by atoms with E-state index in [2.05, 4.69) is 16.0 Å². The van der Waals surface area contributed by atoms with E-state index in [0.29, 0.717) is 30.0 Å². The fraction of sp³-hybridized carbons (Fsp3) is 0.667. The SMILES string of the molecule is CN(C)C(=O)c1ccc(S(=O)(=O)c2ccc(CNC(=O)C34CC5CNC6(CCCCCC(CCC6)C6CCCCC3CCC6)CC5N4)cc2)cc1. The number of hydrogen-bond donors (Lipinski definition) is 3. The lowest BCUT2D eigenvalue weighted by Gasteiger charge is -2.45. The monoisotopic (exact) mass is 716 g/mol. The van der Waals surface area contributed by atoms with Gasteiger partial charge in [0.1, 0.15) is 5.54 Å². The first kappa shape index (κ1) is 36.6. The lowest BCUT2D eigenvalue weighted by Crippen LogP contribution is -2.61. The van der Waals surface area contributed by atoms with Crippen LogP contribution in [-0.4, -0.2) is 62.9 Å². The third-order valence-corrected chi connectivity index (χ3v) is 15.5. The van der Waals surface area contributed by atoms with Crippen molar-refractivity contribution in [3.63, 3.8) is 0 Å². The van der Waals surface area contributed by atoms with Gasteiger partial charge in [-0.15, -0.1) is 0 Å². The van der Waals surface area contributed by atoms with Crippen LogP contribution in [0.15, 0.2) is 58.3 Å². The summed E-state index contributed by atoms with van der Waals surface area (Å²) >= 11 is 0. The number of sulfone groups is 1. The molecule has 51 heavy (non-hydrogen) atoms. The first-order valence-electron chi connectivity index (χ1n) is 20.1. The topological polar surface area (TPSA) is 108 Å². The van der Waals surface area contributed by atoms with Crippen LogP contribution >= 0.6 is 0 Å². The second-order valence-electron chi connectivity index (χ2n) is 17.0. The summed E-state index contributed by atoms with van der Waals surface area (Å²) < 4.78 is 26.9.